The highest BCUT2D eigenvalue weighted by Gasteiger charge is 2.00. The summed E-state index contributed by atoms with van der Waals surface area (Å²) in [5, 5.41) is 1.46. The first kappa shape index (κ1) is 8.13. The maximum absolute atomic E-state index is 5.31. The second-order valence-corrected chi connectivity index (χ2v) is 5.99. The minimum atomic E-state index is -0.853. The first-order valence-electron chi connectivity index (χ1n) is 2.88. The van der Waals surface area contributed by atoms with E-state index < -0.39 is 9.04 Å². The van der Waals surface area contributed by atoms with Gasteiger partial charge in [0.2, 0.25) is 0 Å². The SMILES string of the molecule is CC=C(C)[SiH](C)O[SiH3]. The van der Waals surface area contributed by atoms with Crippen LogP contribution < -0.4 is 0 Å². The van der Waals surface area contributed by atoms with Crippen LogP contribution in [0, 0.1) is 0 Å². The molecule has 0 aliphatic rings. The highest BCUT2D eigenvalue weighted by atomic mass is 28.3. The molecule has 0 spiro atoms. The molecule has 0 aliphatic carbocycles. The summed E-state index contributed by atoms with van der Waals surface area (Å²) in [7, 11) is 0.0435. The molecule has 0 bridgehead atoms. The topological polar surface area (TPSA) is 9.23 Å². The van der Waals surface area contributed by atoms with Crippen LogP contribution in [0.25, 0.3) is 0 Å². The van der Waals surface area contributed by atoms with Crippen LogP contribution in [-0.4, -0.2) is 19.5 Å². The molecule has 0 aliphatic heterocycles. The van der Waals surface area contributed by atoms with Gasteiger partial charge in [0.15, 0.2) is 9.04 Å². The van der Waals surface area contributed by atoms with E-state index in [9.17, 15) is 0 Å². The lowest BCUT2D eigenvalue weighted by Gasteiger charge is -2.06. The van der Waals surface area contributed by atoms with Crippen molar-refractivity contribution in [2.45, 2.75) is 20.4 Å². The van der Waals surface area contributed by atoms with Gasteiger partial charge in [-0.3, -0.25) is 0 Å². The van der Waals surface area contributed by atoms with Gasteiger partial charge in [-0.2, -0.15) is 0 Å². The van der Waals surface area contributed by atoms with Crippen molar-refractivity contribution in [2.75, 3.05) is 0 Å². The highest BCUT2D eigenvalue weighted by Crippen LogP contribution is 1.97. The van der Waals surface area contributed by atoms with E-state index in [0.717, 1.165) is 10.5 Å². The molecule has 0 aromatic rings. The summed E-state index contributed by atoms with van der Waals surface area (Å²) in [6.07, 6.45) is 2.15. The van der Waals surface area contributed by atoms with Crippen LogP contribution in [0.5, 0.6) is 0 Å². The first-order chi connectivity index (χ1) is 3.72. The molecule has 0 amide bonds. The van der Waals surface area contributed by atoms with Crippen LogP contribution in [0.1, 0.15) is 13.8 Å². The Balaban J connectivity index is 3.63. The maximum Gasteiger partial charge on any atom is 0.187 e. The lowest BCUT2D eigenvalue weighted by atomic mass is 10.6. The normalized spacial score (nSPS) is 16.6. The predicted octanol–water partition coefficient (Wildman–Crippen LogP) is 0.142. The van der Waals surface area contributed by atoms with Crippen molar-refractivity contribution >= 4 is 19.5 Å². The van der Waals surface area contributed by atoms with E-state index in [0.29, 0.717) is 0 Å². The van der Waals surface area contributed by atoms with Gasteiger partial charge in [0.1, 0.15) is 10.5 Å². The van der Waals surface area contributed by atoms with Gasteiger partial charge < -0.3 is 4.12 Å². The minimum Gasteiger partial charge on any atom is -0.463 e. The molecular weight excluding hydrogens is 132 g/mol. The highest BCUT2D eigenvalue weighted by molar-refractivity contribution is 6.61. The van der Waals surface area contributed by atoms with E-state index in [-0.39, 0.29) is 0 Å². The van der Waals surface area contributed by atoms with Crippen LogP contribution in [0.3, 0.4) is 0 Å². The van der Waals surface area contributed by atoms with Gasteiger partial charge in [0.05, 0.1) is 0 Å². The van der Waals surface area contributed by atoms with Crippen LogP contribution in [0.15, 0.2) is 11.3 Å². The molecule has 0 heterocycles. The zero-order valence-corrected chi connectivity index (χ0v) is 9.22. The van der Waals surface area contributed by atoms with E-state index in [1.54, 1.807) is 0 Å². The van der Waals surface area contributed by atoms with Crippen LogP contribution in [0.4, 0.5) is 0 Å². The Bertz CT molecular complexity index is 90.4. The van der Waals surface area contributed by atoms with Gasteiger partial charge in [0, 0.05) is 0 Å². The molecule has 8 heavy (non-hydrogen) atoms. The zero-order chi connectivity index (χ0) is 6.57. The second kappa shape index (κ2) is 4.06. The minimum absolute atomic E-state index is 0.853. The van der Waals surface area contributed by atoms with Gasteiger partial charge in [-0.05, 0) is 20.4 Å². The summed E-state index contributed by atoms with van der Waals surface area (Å²) in [4.78, 5) is 0. The molecule has 1 atom stereocenters. The molecule has 0 aromatic carbocycles. The Hall–Kier alpha value is 0.134. The third-order valence-electron chi connectivity index (χ3n) is 1.45. The second-order valence-electron chi connectivity index (χ2n) is 1.91. The molecule has 3 heteroatoms. The molecule has 0 fully saturated rings. The molecule has 0 rings (SSSR count). The maximum atomic E-state index is 5.31. The quantitative estimate of drug-likeness (QED) is 0.504. The summed E-state index contributed by atoms with van der Waals surface area (Å²) >= 11 is 0. The number of hydrogen-bond acceptors (Lipinski definition) is 1. The molecule has 48 valence electrons. The molecular formula is C5H14OSi2. The summed E-state index contributed by atoms with van der Waals surface area (Å²) in [6.45, 7) is 6.43. The third-order valence-corrected chi connectivity index (χ3v) is 5.89. The summed E-state index contributed by atoms with van der Waals surface area (Å²) < 4.78 is 5.31. The van der Waals surface area contributed by atoms with Crippen LogP contribution >= 0.6 is 0 Å². The molecule has 0 radical (unpaired) electrons. The van der Waals surface area contributed by atoms with Crippen molar-refractivity contribution in [1.29, 1.82) is 0 Å². The van der Waals surface area contributed by atoms with E-state index in [4.69, 9.17) is 4.12 Å². The average molecular weight is 146 g/mol. The van der Waals surface area contributed by atoms with Gasteiger partial charge >= 0.3 is 0 Å². The molecule has 1 unspecified atom stereocenters. The van der Waals surface area contributed by atoms with Crippen molar-refractivity contribution in [3.63, 3.8) is 0 Å². The van der Waals surface area contributed by atoms with Crippen molar-refractivity contribution in [2.24, 2.45) is 0 Å². The Morgan fingerprint density at radius 2 is 2.25 bits per heavy atom. The Labute approximate surface area is 56.0 Å². The zero-order valence-electron chi connectivity index (χ0n) is 6.06. The monoisotopic (exact) mass is 146 g/mol. The van der Waals surface area contributed by atoms with Gasteiger partial charge in [-0.1, -0.05) is 11.3 Å². The van der Waals surface area contributed by atoms with E-state index >= 15 is 0 Å². The Kier molecular flexibility index (Phi) is 4.12. The predicted molar refractivity (Wildman–Crippen MR) is 43.5 cm³/mol. The summed E-state index contributed by atoms with van der Waals surface area (Å²) in [5.41, 5.74) is 0. The van der Waals surface area contributed by atoms with Crippen LogP contribution in [-0.2, 0) is 4.12 Å². The lowest BCUT2D eigenvalue weighted by Crippen LogP contribution is -2.12. The molecule has 0 aromatic heterocycles. The van der Waals surface area contributed by atoms with E-state index in [2.05, 4.69) is 26.5 Å². The van der Waals surface area contributed by atoms with Gasteiger partial charge in [0.25, 0.3) is 0 Å². The largest absolute Gasteiger partial charge is 0.463 e. The average Bonchev–Trinajstić information content (AvgIpc) is 1.84. The fraction of sp³-hybridized carbons (Fsp3) is 0.600. The van der Waals surface area contributed by atoms with Crippen molar-refractivity contribution in [1.82, 2.24) is 0 Å². The standard InChI is InChI=1S/C5H14OSi2/c1-4-5(2)8(3)6-7/h4,8H,1-3,7H3. The number of hydrogen-bond donors (Lipinski definition) is 0. The van der Waals surface area contributed by atoms with E-state index in [1.807, 2.05) is 0 Å². The number of allylic oxidation sites excluding steroid dienone is 2. The van der Waals surface area contributed by atoms with Crippen molar-refractivity contribution in [3.05, 3.63) is 11.3 Å². The Morgan fingerprint density at radius 3 is 2.38 bits per heavy atom. The summed E-state index contributed by atoms with van der Waals surface area (Å²) in [6, 6.07) is 0. The van der Waals surface area contributed by atoms with Crippen molar-refractivity contribution in [3.8, 4) is 0 Å². The first-order valence-corrected chi connectivity index (χ1v) is 5.90. The van der Waals surface area contributed by atoms with Crippen LogP contribution in [0.2, 0.25) is 6.55 Å². The Morgan fingerprint density at radius 1 is 1.75 bits per heavy atom. The van der Waals surface area contributed by atoms with E-state index in [1.165, 1.54) is 5.20 Å². The van der Waals surface area contributed by atoms with Gasteiger partial charge in [-0.15, -0.1) is 0 Å². The van der Waals surface area contributed by atoms with Gasteiger partial charge in [-0.25, -0.2) is 0 Å². The lowest BCUT2D eigenvalue weighted by molar-refractivity contribution is 0.648. The molecule has 1 nitrogen and oxygen atoms in total. The smallest absolute Gasteiger partial charge is 0.187 e. The summed E-state index contributed by atoms with van der Waals surface area (Å²) in [5.74, 6) is 0. The molecule has 0 saturated carbocycles. The van der Waals surface area contributed by atoms with Crippen molar-refractivity contribution < 1.29 is 4.12 Å². The third kappa shape index (κ3) is 2.44. The molecule has 0 saturated heterocycles. The fourth-order valence-corrected chi connectivity index (χ4v) is 2.38. The molecule has 0 N–H and O–H groups in total. The fourth-order valence-electron chi connectivity index (χ4n) is 0.421. The number of rotatable bonds is 2.